The van der Waals surface area contributed by atoms with Crippen molar-refractivity contribution in [3.63, 3.8) is 0 Å². The summed E-state index contributed by atoms with van der Waals surface area (Å²) in [5.74, 6) is -0.209. The Morgan fingerprint density at radius 3 is 2.79 bits per heavy atom. The van der Waals surface area contributed by atoms with E-state index < -0.39 is 0 Å². The monoisotopic (exact) mass is 195 g/mol. The van der Waals surface area contributed by atoms with Crippen molar-refractivity contribution in [2.75, 3.05) is 7.11 Å². The van der Waals surface area contributed by atoms with Crippen LogP contribution >= 0.6 is 0 Å². The third-order valence-electron chi connectivity index (χ3n) is 1.95. The topological polar surface area (TPSA) is 72.5 Å². The number of aromatic hydroxyl groups is 1. The van der Waals surface area contributed by atoms with Crippen LogP contribution in [0.2, 0.25) is 0 Å². The fourth-order valence-electron chi connectivity index (χ4n) is 1.13. The van der Waals surface area contributed by atoms with Crippen LogP contribution in [0, 0.1) is 0 Å². The van der Waals surface area contributed by atoms with Gasteiger partial charge in [-0.1, -0.05) is 12.1 Å². The van der Waals surface area contributed by atoms with Crippen molar-refractivity contribution in [3.8, 4) is 5.75 Å². The molecule has 0 saturated heterocycles. The molecular weight excluding hydrogens is 182 g/mol. The molecule has 4 heteroatoms. The summed E-state index contributed by atoms with van der Waals surface area (Å²) in [5, 5.41) is 9.44. The molecule has 0 saturated carbocycles. The number of nitrogens with two attached hydrogens (primary N) is 1. The van der Waals surface area contributed by atoms with Crippen molar-refractivity contribution in [1.29, 1.82) is 0 Å². The van der Waals surface area contributed by atoms with E-state index in [4.69, 9.17) is 5.73 Å². The molecule has 76 valence electrons. The zero-order chi connectivity index (χ0) is 10.6. The highest BCUT2D eigenvalue weighted by atomic mass is 16.5. The molecule has 0 amide bonds. The summed E-state index contributed by atoms with van der Waals surface area (Å²) in [6, 6.07) is 4.98. The molecule has 0 spiro atoms. The van der Waals surface area contributed by atoms with Crippen LogP contribution in [-0.4, -0.2) is 18.2 Å². The highest BCUT2D eigenvalue weighted by molar-refractivity contribution is 5.72. The van der Waals surface area contributed by atoms with Gasteiger partial charge in [-0.15, -0.1) is 0 Å². The number of hydrogen-bond acceptors (Lipinski definition) is 4. The fraction of sp³-hybridized carbons (Fsp3) is 0.300. The smallest absolute Gasteiger partial charge is 0.309 e. The average molecular weight is 195 g/mol. The Bertz CT molecular complexity index is 336. The lowest BCUT2D eigenvalue weighted by Crippen LogP contribution is -2.05. The van der Waals surface area contributed by atoms with Crippen LogP contribution in [0.5, 0.6) is 5.75 Å². The van der Waals surface area contributed by atoms with Crippen molar-refractivity contribution >= 4 is 5.97 Å². The molecule has 14 heavy (non-hydrogen) atoms. The van der Waals surface area contributed by atoms with Gasteiger partial charge in [-0.25, -0.2) is 0 Å². The zero-order valence-corrected chi connectivity index (χ0v) is 7.99. The average Bonchev–Trinajstić information content (AvgIpc) is 2.18. The first-order valence-electron chi connectivity index (χ1n) is 4.25. The van der Waals surface area contributed by atoms with Gasteiger partial charge >= 0.3 is 5.97 Å². The van der Waals surface area contributed by atoms with E-state index in [1.54, 1.807) is 12.1 Å². The number of carbonyl (C=O) groups is 1. The van der Waals surface area contributed by atoms with Gasteiger partial charge in [-0.2, -0.15) is 0 Å². The van der Waals surface area contributed by atoms with Crippen molar-refractivity contribution < 1.29 is 14.6 Å². The Hall–Kier alpha value is -1.55. The van der Waals surface area contributed by atoms with Crippen LogP contribution in [-0.2, 0) is 22.5 Å². The van der Waals surface area contributed by atoms with E-state index in [1.165, 1.54) is 13.2 Å². The molecule has 0 aliphatic carbocycles. The lowest BCUT2D eigenvalue weighted by molar-refractivity contribution is -0.139. The number of phenols is 1. The van der Waals surface area contributed by atoms with Gasteiger partial charge in [-0.05, 0) is 11.6 Å². The zero-order valence-electron chi connectivity index (χ0n) is 7.99. The maximum atomic E-state index is 10.9. The van der Waals surface area contributed by atoms with E-state index in [9.17, 15) is 9.90 Å². The Morgan fingerprint density at radius 1 is 1.57 bits per heavy atom. The Morgan fingerprint density at radius 2 is 2.29 bits per heavy atom. The second kappa shape index (κ2) is 4.62. The minimum absolute atomic E-state index is 0.119. The SMILES string of the molecule is COC(=O)Cc1ccc(CN)c(O)c1. The minimum atomic E-state index is -0.329. The Labute approximate surface area is 82.3 Å². The molecule has 0 fully saturated rings. The number of benzene rings is 1. The molecule has 0 unspecified atom stereocenters. The summed E-state index contributed by atoms with van der Waals surface area (Å²) in [4.78, 5) is 10.9. The van der Waals surface area contributed by atoms with E-state index in [0.717, 1.165) is 0 Å². The van der Waals surface area contributed by atoms with E-state index in [2.05, 4.69) is 4.74 Å². The molecule has 1 aromatic carbocycles. The molecular formula is C10H13NO3. The Balaban J connectivity index is 2.81. The number of hydrogen-bond donors (Lipinski definition) is 2. The second-order valence-electron chi connectivity index (χ2n) is 2.92. The maximum absolute atomic E-state index is 10.9. The summed E-state index contributed by atoms with van der Waals surface area (Å²) in [6.45, 7) is 0.282. The van der Waals surface area contributed by atoms with Gasteiger partial charge in [0.05, 0.1) is 13.5 Å². The van der Waals surface area contributed by atoms with Crippen LogP contribution in [0.15, 0.2) is 18.2 Å². The molecule has 1 aromatic rings. The van der Waals surface area contributed by atoms with Crippen molar-refractivity contribution in [2.24, 2.45) is 5.73 Å². The lowest BCUT2D eigenvalue weighted by atomic mass is 10.1. The first kappa shape index (κ1) is 10.5. The maximum Gasteiger partial charge on any atom is 0.309 e. The number of phenolic OH excluding ortho intramolecular Hbond substituents is 1. The van der Waals surface area contributed by atoms with Crippen LogP contribution in [0.3, 0.4) is 0 Å². The summed E-state index contributed by atoms with van der Waals surface area (Å²) < 4.78 is 4.51. The lowest BCUT2D eigenvalue weighted by Gasteiger charge is -2.04. The Kier molecular flexibility index (Phi) is 3.48. The molecule has 0 aliphatic heterocycles. The van der Waals surface area contributed by atoms with Gasteiger partial charge in [0.15, 0.2) is 0 Å². The molecule has 0 aliphatic rings. The van der Waals surface area contributed by atoms with Crippen molar-refractivity contribution in [3.05, 3.63) is 29.3 Å². The van der Waals surface area contributed by atoms with Gasteiger partial charge in [0.2, 0.25) is 0 Å². The summed E-state index contributed by atoms with van der Waals surface area (Å²) in [5.41, 5.74) is 6.76. The number of methoxy groups -OCH3 is 1. The van der Waals surface area contributed by atoms with Gasteiger partial charge in [0.1, 0.15) is 5.75 Å². The van der Waals surface area contributed by atoms with Gasteiger partial charge < -0.3 is 15.6 Å². The normalized spacial score (nSPS) is 9.86. The standard InChI is InChI=1S/C10H13NO3/c1-14-10(13)5-7-2-3-8(6-11)9(12)4-7/h2-4,12H,5-6,11H2,1H3. The number of ether oxygens (including phenoxy) is 1. The third kappa shape index (κ3) is 2.47. The second-order valence-corrected chi connectivity index (χ2v) is 2.92. The molecule has 4 nitrogen and oxygen atoms in total. The predicted molar refractivity (Wildman–Crippen MR) is 51.7 cm³/mol. The fourth-order valence-corrected chi connectivity index (χ4v) is 1.13. The van der Waals surface area contributed by atoms with E-state index >= 15 is 0 Å². The number of esters is 1. The van der Waals surface area contributed by atoms with Crippen molar-refractivity contribution in [2.45, 2.75) is 13.0 Å². The third-order valence-corrected chi connectivity index (χ3v) is 1.95. The van der Waals surface area contributed by atoms with Crippen LogP contribution in [0.25, 0.3) is 0 Å². The number of carbonyl (C=O) groups excluding carboxylic acids is 1. The highest BCUT2D eigenvalue weighted by Crippen LogP contribution is 2.18. The van der Waals surface area contributed by atoms with Gasteiger partial charge in [0.25, 0.3) is 0 Å². The molecule has 0 radical (unpaired) electrons. The molecule has 0 atom stereocenters. The molecule has 0 bridgehead atoms. The van der Waals surface area contributed by atoms with Crippen LogP contribution in [0.4, 0.5) is 0 Å². The van der Waals surface area contributed by atoms with E-state index in [0.29, 0.717) is 11.1 Å². The largest absolute Gasteiger partial charge is 0.508 e. The minimum Gasteiger partial charge on any atom is -0.508 e. The van der Waals surface area contributed by atoms with Crippen LogP contribution < -0.4 is 5.73 Å². The quantitative estimate of drug-likeness (QED) is 0.691. The molecule has 3 N–H and O–H groups in total. The van der Waals surface area contributed by atoms with Crippen molar-refractivity contribution in [1.82, 2.24) is 0 Å². The number of rotatable bonds is 3. The molecule has 0 heterocycles. The molecule has 1 rings (SSSR count). The first-order chi connectivity index (χ1) is 6.67. The van der Waals surface area contributed by atoms with E-state index in [-0.39, 0.29) is 24.7 Å². The summed E-state index contributed by atoms with van der Waals surface area (Å²) in [7, 11) is 1.33. The summed E-state index contributed by atoms with van der Waals surface area (Å²) >= 11 is 0. The van der Waals surface area contributed by atoms with Gasteiger partial charge in [-0.3, -0.25) is 4.79 Å². The first-order valence-corrected chi connectivity index (χ1v) is 4.25. The van der Waals surface area contributed by atoms with E-state index in [1.807, 2.05) is 0 Å². The highest BCUT2D eigenvalue weighted by Gasteiger charge is 2.05. The van der Waals surface area contributed by atoms with Crippen LogP contribution in [0.1, 0.15) is 11.1 Å². The predicted octanol–water partition coefficient (Wildman–Crippen LogP) is 0.566. The van der Waals surface area contributed by atoms with Gasteiger partial charge in [0, 0.05) is 12.1 Å². The molecule has 0 aromatic heterocycles. The summed E-state index contributed by atoms with van der Waals surface area (Å²) in [6.07, 6.45) is 0.162.